The van der Waals surface area contributed by atoms with Crippen molar-refractivity contribution in [3.8, 4) is 0 Å². The maximum Gasteiger partial charge on any atom is 0.0541 e. The molecule has 1 N–H and O–H groups in total. The van der Waals surface area contributed by atoms with E-state index in [-0.39, 0.29) is 12.4 Å². The van der Waals surface area contributed by atoms with Crippen LogP contribution in [0.15, 0.2) is 12.1 Å². The molecule has 1 aromatic rings. The van der Waals surface area contributed by atoms with Gasteiger partial charge in [-0.05, 0) is 12.1 Å². The molecule has 0 heterocycles. The quantitative estimate of drug-likeness (QED) is 0.478. The topological polar surface area (TPSA) is 23.9 Å². The number of rotatable bonds is 0. The van der Waals surface area contributed by atoms with Crippen LogP contribution in [0.2, 0.25) is 0 Å². The van der Waals surface area contributed by atoms with Crippen LogP contribution in [0.4, 0.5) is 0 Å². The summed E-state index contributed by atoms with van der Waals surface area (Å²) in [5.74, 6) is 0. The van der Waals surface area contributed by atoms with Gasteiger partial charge in [0.25, 0.3) is 0 Å². The molecule has 0 radical (unpaired) electrons. The lowest BCUT2D eigenvalue weighted by atomic mass is 11.1. The van der Waals surface area contributed by atoms with E-state index in [1.165, 1.54) is 0 Å². The van der Waals surface area contributed by atoms with E-state index in [1.807, 2.05) is 0 Å². The van der Waals surface area contributed by atoms with Gasteiger partial charge in [-0.1, -0.05) is 0 Å². The molecule has 0 bridgehead atoms. The molecular weight excluding hydrogens is 85.5 g/mol. The summed E-state index contributed by atoms with van der Waals surface area (Å²) < 4.78 is 0. The van der Waals surface area contributed by atoms with Gasteiger partial charge in [0.1, 0.15) is 0 Å². The third kappa shape index (κ3) is 1.47. The number of hydrogen-bond acceptors (Lipinski definition) is 1. The van der Waals surface area contributed by atoms with E-state index in [1.54, 1.807) is 12.1 Å². The lowest BCUT2D eigenvalue weighted by Crippen LogP contribution is -1.62. The zero-order chi connectivity index (χ0) is 2.99. The van der Waals surface area contributed by atoms with Crippen LogP contribution in [0.25, 0.3) is 0 Å². The molecule has 0 unspecified atom stereocenters. The van der Waals surface area contributed by atoms with Gasteiger partial charge < -0.3 is 5.41 Å². The number of halogens is 1. The van der Waals surface area contributed by atoms with Gasteiger partial charge in [0.05, 0.1) is 5.36 Å². The molecule has 0 saturated carbocycles. The Bertz CT molecular complexity index is 95.7. The molecule has 0 saturated heterocycles. The molecule has 0 aromatic heterocycles. The van der Waals surface area contributed by atoms with E-state index >= 15 is 0 Å². The first-order valence-electron chi connectivity index (χ1n) is 1.16. The van der Waals surface area contributed by atoms with Crippen molar-refractivity contribution < 1.29 is 0 Å². The second kappa shape index (κ2) is 1.22. The molecule has 0 amide bonds. The fourth-order valence-electron chi connectivity index (χ4n) is 0.0417. The van der Waals surface area contributed by atoms with Gasteiger partial charge in [-0.15, -0.1) is 12.4 Å². The van der Waals surface area contributed by atoms with Gasteiger partial charge in [-0.2, -0.15) is 0 Å². The molecule has 2 heteroatoms. The van der Waals surface area contributed by atoms with E-state index in [0.717, 1.165) is 0 Å². The number of nitrogens with one attached hydrogen (secondary N) is 1. The van der Waals surface area contributed by atoms with Crippen LogP contribution in [0, 0.1) is 5.41 Å². The van der Waals surface area contributed by atoms with E-state index in [0.29, 0.717) is 5.36 Å². The number of hydrogen-bond donors (Lipinski definition) is 1. The van der Waals surface area contributed by atoms with Crippen molar-refractivity contribution in [3.05, 3.63) is 17.5 Å². The Morgan fingerprint density at radius 2 is 1.60 bits per heavy atom. The van der Waals surface area contributed by atoms with Crippen molar-refractivity contribution in [1.29, 1.82) is 5.41 Å². The molecule has 28 valence electrons. The molecule has 0 fully saturated rings. The highest BCUT2D eigenvalue weighted by Gasteiger charge is 1.72. The van der Waals surface area contributed by atoms with Crippen LogP contribution >= 0.6 is 12.4 Å². The molecule has 5 heavy (non-hydrogen) atoms. The highest BCUT2D eigenvalue weighted by molar-refractivity contribution is 5.85. The van der Waals surface area contributed by atoms with Gasteiger partial charge in [0, 0.05) is 0 Å². The molecule has 1 nitrogen and oxygen atoms in total. The summed E-state index contributed by atoms with van der Waals surface area (Å²) in [7, 11) is 0. The lowest BCUT2D eigenvalue weighted by molar-refractivity contribution is 1.37. The average molecular weight is 89.5 g/mol. The molecule has 0 spiro atoms. The SMILES string of the molecule is Cl.N=c1cc1. The van der Waals surface area contributed by atoms with Crippen LogP contribution in [-0.2, 0) is 0 Å². The Morgan fingerprint density at radius 3 is 1.60 bits per heavy atom. The minimum atomic E-state index is 0. The van der Waals surface area contributed by atoms with Crippen LogP contribution in [0.1, 0.15) is 0 Å². The van der Waals surface area contributed by atoms with Gasteiger partial charge in [-0.3, -0.25) is 0 Å². The summed E-state index contributed by atoms with van der Waals surface area (Å²) in [4.78, 5) is 0. The Hall–Kier alpha value is -0.300. The predicted octanol–water partition coefficient (Wildman–Crippen LogP) is 0.463. The Labute approximate surface area is 36.2 Å². The van der Waals surface area contributed by atoms with Crippen LogP contribution in [0.3, 0.4) is 0 Å². The van der Waals surface area contributed by atoms with E-state index in [4.69, 9.17) is 5.41 Å². The summed E-state index contributed by atoms with van der Waals surface area (Å²) in [5, 5.41) is 7.17. The minimum Gasteiger partial charge on any atom is -0.301 e. The molecule has 0 aliphatic carbocycles. The Balaban J connectivity index is 0.000000160. The maximum absolute atomic E-state index is 6.50. The van der Waals surface area contributed by atoms with Crippen molar-refractivity contribution >= 4 is 12.4 Å². The van der Waals surface area contributed by atoms with Gasteiger partial charge in [0.2, 0.25) is 0 Å². The van der Waals surface area contributed by atoms with Crippen molar-refractivity contribution in [2.75, 3.05) is 0 Å². The monoisotopic (exact) mass is 89.0 g/mol. The highest BCUT2D eigenvalue weighted by Crippen LogP contribution is 1.61. The van der Waals surface area contributed by atoms with Crippen LogP contribution < -0.4 is 5.36 Å². The molecular formula is C3H4ClN. The zero-order valence-corrected chi connectivity index (χ0v) is 3.38. The maximum atomic E-state index is 6.50. The van der Waals surface area contributed by atoms with Crippen molar-refractivity contribution in [1.82, 2.24) is 0 Å². The first-order chi connectivity index (χ1) is 1.89. The van der Waals surface area contributed by atoms with E-state index in [9.17, 15) is 0 Å². The predicted molar refractivity (Wildman–Crippen MR) is 21.9 cm³/mol. The third-order valence-electron chi connectivity index (χ3n) is 0.333. The molecule has 1 aromatic carbocycles. The standard InChI is InChI=1S/C3H3N.ClH/c4-3-1-2-3;/h1-2,4H;1H. The third-order valence-corrected chi connectivity index (χ3v) is 0.333. The van der Waals surface area contributed by atoms with Gasteiger partial charge in [-0.25, -0.2) is 0 Å². The van der Waals surface area contributed by atoms with Crippen molar-refractivity contribution in [3.63, 3.8) is 0 Å². The summed E-state index contributed by atoms with van der Waals surface area (Å²) in [6, 6.07) is 3.50. The normalized spacial score (nSPS) is 7.20. The summed E-state index contributed by atoms with van der Waals surface area (Å²) in [5.41, 5.74) is 0. The highest BCUT2D eigenvalue weighted by atomic mass is 35.5. The smallest absolute Gasteiger partial charge is 0.0541 e. The van der Waals surface area contributed by atoms with Gasteiger partial charge in [0.15, 0.2) is 0 Å². The largest absolute Gasteiger partial charge is 0.301 e. The summed E-state index contributed by atoms with van der Waals surface area (Å²) >= 11 is 0. The second-order valence-corrected chi connectivity index (χ2v) is 0.789. The first-order valence-corrected chi connectivity index (χ1v) is 1.16. The second-order valence-electron chi connectivity index (χ2n) is 0.789. The molecule has 0 aliphatic heterocycles. The first kappa shape index (κ1) is 4.70. The Morgan fingerprint density at radius 1 is 1.40 bits per heavy atom. The van der Waals surface area contributed by atoms with Crippen molar-refractivity contribution in [2.45, 2.75) is 0 Å². The van der Waals surface area contributed by atoms with Crippen LogP contribution in [-0.4, -0.2) is 0 Å². The minimum absolute atomic E-state index is 0. The lowest BCUT2D eigenvalue weighted by Gasteiger charge is -1.19. The fourth-order valence-corrected chi connectivity index (χ4v) is 0.0417. The molecule has 0 aliphatic rings. The van der Waals surface area contributed by atoms with Gasteiger partial charge >= 0.3 is 0 Å². The van der Waals surface area contributed by atoms with E-state index in [2.05, 4.69) is 0 Å². The van der Waals surface area contributed by atoms with Crippen LogP contribution in [0.5, 0.6) is 0 Å². The average Bonchev–Trinajstić information content (AvgIpc) is 1.75. The van der Waals surface area contributed by atoms with Crippen molar-refractivity contribution in [2.24, 2.45) is 0 Å². The Kier molecular flexibility index (Phi) is 1.15. The summed E-state index contributed by atoms with van der Waals surface area (Å²) in [6.07, 6.45) is 0. The molecule has 0 atom stereocenters. The fraction of sp³-hybridized carbons (Fsp3) is 0. The van der Waals surface area contributed by atoms with E-state index < -0.39 is 0 Å². The molecule has 1 rings (SSSR count). The zero-order valence-electron chi connectivity index (χ0n) is 2.56. The summed E-state index contributed by atoms with van der Waals surface area (Å²) in [6.45, 7) is 0.